The van der Waals surface area contributed by atoms with Gasteiger partial charge in [0.2, 0.25) is 0 Å². The number of alkyl halides is 11. The predicted molar refractivity (Wildman–Crippen MR) is 34.6 cm³/mol. The van der Waals surface area contributed by atoms with E-state index < -0.39 is 36.2 Å². The first-order valence-corrected chi connectivity index (χ1v) is 3.91. The fraction of sp³-hybridized carbons (Fsp3) is 0.833. The van der Waals surface area contributed by atoms with Crippen LogP contribution in [0, 0.1) is 0 Å². The van der Waals surface area contributed by atoms with Gasteiger partial charge in [0.1, 0.15) is 0 Å². The van der Waals surface area contributed by atoms with Crippen molar-refractivity contribution in [2.45, 2.75) is 30.2 Å². The molecule has 0 aliphatic heterocycles. The highest BCUT2D eigenvalue weighted by molar-refractivity contribution is 5.80. The topological polar surface area (TPSA) is 46.5 Å². The van der Waals surface area contributed by atoms with Crippen molar-refractivity contribution in [3.05, 3.63) is 0 Å². The molecule has 3 nitrogen and oxygen atoms in total. The second-order valence-electron chi connectivity index (χ2n) is 3.10. The summed E-state index contributed by atoms with van der Waals surface area (Å²) in [6.45, 7) is 0. The van der Waals surface area contributed by atoms with Crippen molar-refractivity contribution in [3.8, 4) is 0 Å². The third-order valence-corrected chi connectivity index (χ3v) is 1.71. The van der Waals surface area contributed by atoms with E-state index in [4.69, 9.17) is 5.11 Å². The van der Waals surface area contributed by atoms with Crippen LogP contribution in [0.2, 0.25) is 0 Å². The monoisotopic (exact) mass is 330 g/mol. The quantitative estimate of drug-likeness (QED) is 0.809. The molecule has 1 N–H and O–H groups in total. The summed E-state index contributed by atoms with van der Waals surface area (Å²) in [6.07, 6.45) is -28.3. The van der Waals surface area contributed by atoms with Gasteiger partial charge in [-0.2, -0.15) is 48.3 Å². The van der Waals surface area contributed by atoms with Gasteiger partial charge in [0.25, 0.3) is 0 Å². The summed E-state index contributed by atoms with van der Waals surface area (Å²) in [6, 6.07) is 0. The molecule has 0 bridgehead atoms. The largest absolute Gasteiger partial charge is 0.483 e. The molecule has 0 saturated heterocycles. The molecule has 120 valence electrons. The molecule has 0 amide bonds. The third-order valence-electron chi connectivity index (χ3n) is 1.71. The van der Waals surface area contributed by atoms with Gasteiger partial charge in [0.15, 0.2) is 0 Å². The van der Waals surface area contributed by atoms with Crippen molar-refractivity contribution in [2.75, 3.05) is 0 Å². The number of carboxylic acid groups (broad SMARTS) is 1. The molecule has 0 atom stereocenters. The maximum atomic E-state index is 12.2. The SMILES string of the molecule is O=C(O)C(OC(F)(F)C(F)(F)F)(C(F)(F)F)C(F)(F)F. The summed E-state index contributed by atoms with van der Waals surface area (Å²) < 4.78 is 134. The van der Waals surface area contributed by atoms with Crippen LogP contribution in [0.3, 0.4) is 0 Å². The molecule has 0 saturated carbocycles. The smallest absolute Gasteiger partial charge is 0.479 e. The van der Waals surface area contributed by atoms with E-state index >= 15 is 0 Å². The van der Waals surface area contributed by atoms with Crippen LogP contribution in [0.15, 0.2) is 0 Å². The molecular weight excluding hydrogens is 329 g/mol. The molecule has 0 radical (unpaired) electrons. The van der Waals surface area contributed by atoms with Gasteiger partial charge in [-0.15, -0.1) is 0 Å². The molecule has 20 heavy (non-hydrogen) atoms. The van der Waals surface area contributed by atoms with Gasteiger partial charge in [-0.25, -0.2) is 4.79 Å². The first-order chi connectivity index (χ1) is 8.40. The van der Waals surface area contributed by atoms with Crippen LogP contribution in [-0.4, -0.2) is 41.3 Å². The normalized spacial score (nSPS) is 15.3. The Kier molecular flexibility index (Phi) is 4.29. The van der Waals surface area contributed by atoms with Gasteiger partial charge >= 0.3 is 36.2 Å². The Morgan fingerprint density at radius 2 is 1.00 bits per heavy atom. The summed E-state index contributed by atoms with van der Waals surface area (Å²) >= 11 is 0. The lowest BCUT2D eigenvalue weighted by molar-refractivity contribution is -0.473. The highest BCUT2D eigenvalue weighted by Crippen LogP contribution is 2.51. The Labute approximate surface area is 100 Å². The van der Waals surface area contributed by atoms with E-state index in [2.05, 4.69) is 0 Å². The van der Waals surface area contributed by atoms with Crippen molar-refractivity contribution in [3.63, 3.8) is 0 Å². The minimum Gasteiger partial charge on any atom is -0.479 e. The standard InChI is InChI=1S/C6HF11O3/c7-3(8,9)2(1(18)19,4(10,11)12)20-6(16,17)5(13,14)15/h(H,18,19). The average Bonchev–Trinajstić information content (AvgIpc) is 2.07. The second kappa shape index (κ2) is 4.60. The molecular formula is C6HF11O3. The lowest BCUT2D eigenvalue weighted by Gasteiger charge is -2.35. The number of rotatable bonds is 3. The Balaban J connectivity index is 6.14. The minimum atomic E-state index is -7.13. The summed E-state index contributed by atoms with van der Waals surface area (Å²) in [5.74, 6) is -4.12. The Morgan fingerprint density at radius 3 is 1.15 bits per heavy atom. The van der Waals surface area contributed by atoms with Gasteiger partial charge in [0.05, 0.1) is 0 Å². The van der Waals surface area contributed by atoms with Gasteiger partial charge < -0.3 is 5.11 Å². The lowest BCUT2D eigenvalue weighted by atomic mass is 10.0. The van der Waals surface area contributed by atoms with Crippen LogP contribution < -0.4 is 0 Å². The van der Waals surface area contributed by atoms with E-state index in [1.54, 1.807) is 4.74 Å². The highest BCUT2D eigenvalue weighted by Gasteiger charge is 2.83. The molecule has 0 aromatic heterocycles. The van der Waals surface area contributed by atoms with Crippen LogP contribution in [0.25, 0.3) is 0 Å². The molecule has 0 heterocycles. The van der Waals surface area contributed by atoms with Crippen molar-refractivity contribution < 1.29 is 62.9 Å². The predicted octanol–water partition coefficient (Wildman–Crippen LogP) is 3.11. The molecule has 0 rings (SSSR count). The molecule has 0 fully saturated rings. The van der Waals surface area contributed by atoms with Crippen molar-refractivity contribution in [2.24, 2.45) is 0 Å². The number of halogens is 11. The van der Waals surface area contributed by atoms with Crippen LogP contribution in [0.5, 0.6) is 0 Å². The maximum Gasteiger partial charge on any atom is 0.483 e. The number of hydrogen-bond acceptors (Lipinski definition) is 2. The van der Waals surface area contributed by atoms with Crippen LogP contribution >= 0.6 is 0 Å². The molecule has 0 aromatic rings. The van der Waals surface area contributed by atoms with E-state index in [9.17, 15) is 53.1 Å². The van der Waals surface area contributed by atoms with E-state index in [-0.39, 0.29) is 0 Å². The van der Waals surface area contributed by atoms with Crippen molar-refractivity contribution in [1.82, 2.24) is 0 Å². The average molecular weight is 330 g/mol. The zero-order chi connectivity index (χ0) is 16.8. The number of carbonyl (C=O) groups is 1. The number of ether oxygens (including phenoxy) is 1. The summed E-state index contributed by atoms with van der Waals surface area (Å²) in [5.41, 5.74) is -6.74. The molecule has 0 aliphatic carbocycles. The summed E-state index contributed by atoms with van der Waals surface area (Å²) in [7, 11) is 0. The minimum absolute atomic E-state index is 1.67. The number of hydrogen-bond donors (Lipinski definition) is 1. The van der Waals surface area contributed by atoms with Crippen molar-refractivity contribution in [1.29, 1.82) is 0 Å². The van der Waals surface area contributed by atoms with Gasteiger partial charge in [-0.05, 0) is 0 Å². The molecule has 0 spiro atoms. The molecule has 14 heteroatoms. The fourth-order valence-corrected chi connectivity index (χ4v) is 0.813. The second-order valence-corrected chi connectivity index (χ2v) is 3.10. The third kappa shape index (κ3) is 2.88. The van der Waals surface area contributed by atoms with E-state index in [0.29, 0.717) is 0 Å². The van der Waals surface area contributed by atoms with Crippen LogP contribution in [0.4, 0.5) is 48.3 Å². The Morgan fingerprint density at radius 1 is 0.700 bits per heavy atom. The summed E-state index contributed by atoms with van der Waals surface area (Å²) in [5, 5.41) is 7.86. The zero-order valence-corrected chi connectivity index (χ0v) is 8.42. The summed E-state index contributed by atoms with van der Waals surface area (Å²) in [4.78, 5) is 10.1. The fourth-order valence-electron chi connectivity index (χ4n) is 0.813. The van der Waals surface area contributed by atoms with Crippen LogP contribution in [-0.2, 0) is 9.53 Å². The van der Waals surface area contributed by atoms with E-state index in [0.717, 1.165) is 0 Å². The van der Waals surface area contributed by atoms with Crippen LogP contribution in [0.1, 0.15) is 0 Å². The molecule has 0 unspecified atom stereocenters. The van der Waals surface area contributed by atoms with E-state index in [1.807, 2.05) is 0 Å². The molecule has 0 aliphatic rings. The number of aliphatic carboxylic acids is 1. The van der Waals surface area contributed by atoms with Gasteiger partial charge in [-0.3, -0.25) is 4.74 Å². The Hall–Kier alpha value is -1.34. The zero-order valence-electron chi connectivity index (χ0n) is 8.42. The Bertz CT molecular complexity index is 361. The number of carboxylic acids is 1. The highest BCUT2D eigenvalue weighted by atomic mass is 19.4. The van der Waals surface area contributed by atoms with E-state index in [1.165, 1.54) is 0 Å². The van der Waals surface area contributed by atoms with Gasteiger partial charge in [0, 0.05) is 0 Å². The first-order valence-electron chi connectivity index (χ1n) is 3.91. The molecule has 0 aromatic carbocycles. The van der Waals surface area contributed by atoms with Gasteiger partial charge in [-0.1, -0.05) is 0 Å². The van der Waals surface area contributed by atoms with Crippen molar-refractivity contribution >= 4 is 5.97 Å². The lowest BCUT2D eigenvalue weighted by Crippen LogP contribution is -2.67. The maximum absolute atomic E-state index is 12.2. The first kappa shape index (κ1) is 18.7.